The summed E-state index contributed by atoms with van der Waals surface area (Å²) in [6.07, 6.45) is 4.81. The highest BCUT2D eigenvalue weighted by molar-refractivity contribution is 5.42. The molecule has 1 aromatic heterocycles. The Morgan fingerprint density at radius 1 is 1.11 bits per heavy atom. The van der Waals surface area contributed by atoms with Crippen LogP contribution in [0.25, 0.3) is 0 Å². The van der Waals surface area contributed by atoms with E-state index in [0.29, 0.717) is 5.92 Å². The van der Waals surface area contributed by atoms with Gasteiger partial charge >= 0.3 is 0 Å². The maximum Gasteiger partial charge on any atom is 0.224 e. The van der Waals surface area contributed by atoms with Gasteiger partial charge in [0.15, 0.2) is 0 Å². The summed E-state index contributed by atoms with van der Waals surface area (Å²) in [6, 6.07) is 2.00. The molecule has 1 aromatic rings. The normalized spacial score (nSPS) is 10.8. The van der Waals surface area contributed by atoms with Crippen molar-refractivity contribution in [3.05, 3.63) is 11.8 Å². The fourth-order valence-electron chi connectivity index (χ4n) is 1.80. The summed E-state index contributed by atoms with van der Waals surface area (Å²) >= 11 is 0. The van der Waals surface area contributed by atoms with Gasteiger partial charge in [0, 0.05) is 24.8 Å². The molecule has 0 amide bonds. The average molecular weight is 264 g/mol. The number of anilines is 2. The summed E-state index contributed by atoms with van der Waals surface area (Å²) in [5, 5.41) is 6.67. The molecular weight excluding hydrogens is 236 g/mol. The summed E-state index contributed by atoms with van der Waals surface area (Å²) in [4.78, 5) is 8.91. The van der Waals surface area contributed by atoms with Crippen LogP contribution in [-0.4, -0.2) is 23.1 Å². The molecule has 4 heteroatoms. The van der Waals surface area contributed by atoms with Crippen molar-refractivity contribution >= 4 is 11.8 Å². The van der Waals surface area contributed by atoms with Crippen LogP contribution in [0, 0.1) is 12.8 Å². The lowest BCUT2D eigenvalue weighted by molar-refractivity contribution is 0.606. The smallest absolute Gasteiger partial charge is 0.224 e. The highest BCUT2D eigenvalue weighted by Gasteiger charge is 2.02. The lowest BCUT2D eigenvalue weighted by atomic mass is 10.1. The van der Waals surface area contributed by atoms with Gasteiger partial charge in [-0.15, -0.1) is 0 Å². The monoisotopic (exact) mass is 264 g/mol. The van der Waals surface area contributed by atoms with Crippen molar-refractivity contribution in [1.82, 2.24) is 9.97 Å². The SMILES string of the molecule is CCCCCNc1nc(C)cc(NCCC(C)C)n1. The second-order valence-corrected chi connectivity index (χ2v) is 5.46. The predicted molar refractivity (Wildman–Crippen MR) is 82.7 cm³/mol. The molecule has 108 valence electrons. The summed E-state index contributed by atoms with van der Waals surface area (Å²) in [7, 11) is 0. The Morgan fingerprint density at radius 3 is 2.58 bits per heavy atom. The minimum absolute atomic E-state index is 0.710. The van der Waals surface area contributed by atoms with Gasteiger partial charge in [-0.2, -0.15) is 4.98 Å². The van der Waals surface area contributed by atoms with E-state index in [1.54, 1.807) is 0 Å². The lowest BCUT2D eigenvalue weighted by Crippen LogP contribution is -2.10. The van der Waals surface area contributed by atoms with Crippen LogP contribution in [0.2, 0.25) is 0 Å². The molecule has 1 heterocycles. The topological polar surface area (TPSA) is 49.8 Å². The molecule has 0 saturated heterocycles. The Balaban J connectivity index is 2.46. The Morgan fingerprint density at radius 2 is 1.89 bits per heavy atom. The summed E-state index contributed by atoms with van der Waals surface area (Å²) < 4.78 is 0. The van der Waals surface area contributed by atoms with Crippen LogP contribution in [0.5, 0.6) is 0 Å². The second-order valence-electron chi connectivity index (χ2n) is 5.46. The Bertz CT molecular complexity index is 363. The van der Waals surface area contributed by atoms with E-state index in [1.165, 1.54) is 19.3 Å². The molecule has 0 aliphatic carbocycles. The van der Waals surface area contributed by atoms with E-state index in [-0.39, 0.29) is 0 Å². The van der Waals surface area contributed by atoms with Crippen LogP contribution in [0.1, 0.15) is 52.1 Å². The van der Waals surface area contributed by atoms with E-state index in [1.807, 2.05) is 13.0 Å². The highest BCUT2D eigenvalue weighted by atomic mass is 15.1. The number of nitrogens with zero attached hydrogens (tertiary/aromatic N) is 2. The van der Waals surface area contributed by atoms with Crippen molar-refractivity contribution in [1.29, 1.82) is 0 Å². The summed E-state index contributed by atoms with van der Waals surface area (Å²) in [5.74, 6) is 2.37. The maximum absolute atomic E-state index is 4.49. The highest BCUT2D eigenvalue weighted by Crippen LogP contribution is 2.10. The van der Waals surface area contributed by atoms with Gasteiger partial charge in [-0.1, -0.05) is 33.6 Å². The van der Waals surface area contributed by atoms with E-state index >= 15 is 0 Å². The van der Waals surface area contributed by atoms with E-state index in [4.69, 9.17) is 0 Å². The van der Waals surface area contributed by atoms with Gasteiger partial charge in [0.2, 0.25) is 5.95 Å². The number of aryl methyl sites for hydroxylation is 1. The first kappa shape index (κ1) is 15.7. The average Bonchev–Trinajstić information content (AvgIpc) is 2.34. The van der Waals surface area contributed by atoms with Gasteiger partial charge in [0.05, 0.1) is 0 Å². The van der Waals surface area contributed by atoms with Gasteiger partial charge in [0.25, 0.3) is 0 Å². The zero-order chi connectivity index (χ0) is 14.1. The lowest BCUT2D eigenvalue weighted by Gasteiger charge is -2.10. The quantitative estimate of drug-likeness (QED) is 0.665. The van der Waals surface area contributed by atoms with Crippen molar-refractivity contribution in [2.24, 2.45) is 5.92 Å². The number of hydrogen-bond acceptors (Lipinski definition) is 4. The third-order valence-corrected chi connectivity index (χ3v) is 2.95. The second kappa shape index (κ2) is 8.73. The third-order valence-electron chi connectivity index (χ3n) is 2.95. The van der Waals surface area contributed by atoms with Crippen LogP contribution < -0.4 is 10.6 Å². The number of unbranched alkanes of at least 4 members (excludes halogenated alkanes) is 2. The molecule has 0 radical (unpaired) electrons. The van der Waals surface area contributed by atoms with Gasteiger partial charge in [-0.05, 0) is 25.7 Å². The van der Waals surface area contributed by atoms with Crippen LogP contribution in [0.3, 0.4) is 0 Å². The largest absolute Gasteiger partial charge is 0.370 e. The predicted octanol–water partition coefficient (Wildman–Crippen LogP) is 3.85. The molecule has 0 aliphatic rings. The van der Waals surface area contributed by atoms with Crippen LogP contribution in [0.4, 0.5) is 11.8 Å². The Kier molecular flexibility index (Phi) is 7.23. The zero-order valence-electron chi connectivity index (χ0n) is 12.8. The van der Waals surface area contributed by atoms with Crippen molar-refractivity contribution in [2.45, 2.75) is 53.4 Å². The van der Waals surface area contributed by atoms with Gasteiger partial charge in [0.1, 0.15) is 5.82 Å². The molecule has 0 fully saturated rings. The van der Waals surface area contributed by atoms with Gasteiger partial charge < -0.3 is 10.6 Å². The molecular formula is C15H28N4. The molecule has 0 aliphatic heterocycles. The molecule has 0 spiro atoms. The molecule has 1 rings (SSSR count). The fourth-order valence-corrected chi connectivity index (χ4v) is 1.80. The van der Waals surface area contributed by atoms with Crippen molar-refractivity contribution < 1.29 is 0 Å². The fraction of sp³-hybridized carbons (Fsp3) is 0.733. The Labute approximate surface area is 117 Å². The van der Waals surface area contributed by atoms with E-state index < -0.39 is 0 Å². The summed E-state index contributed by atoms with van der Waals surface area (Å²) in [5.41, 5.74) is 1.00. The van der Waals surface area contributed by atoms with Crippen LogP contribution in [-0.2, 0) is 0 Å². The van der Waals surface area contributed by atoms with Crippen LogP contribution >= 0.6 is 0 Å². The van der Waals surface area contributed by atoms with E-state index in [9.17, 15) is 0 Å². The first-order chi connectivity index (χ1) is 9.11. The zero-order valence-corrected chi connectivity index (χ0v) is 12.8. The minimum atomic E-state index is 0.710. The van der Waals surface area contributed by atoms with E-state index in [0.717, 1.165) is 37.0 Å². The standard InChI is InChI=1S/C15H28N4/c1-5-6-7-9-17-15-18-13(4)11-14(19-15)16-10-8-12(2)3/h11-12H,5-10H2,1-4H3,(H2,16,17,18,19). The molecule has 4 nitrogen and oxygen atoms in total. The van der Waals surface area contributed by atoms with Crippen molar-refractivity contribution in [3.63, 3.8) is 0 Å². The molecule has 0 aromatic carbocycles. The number of hydrogen-bond donors (Lipinski definition) is 2. The minimum Gasteiger partial charge on any atom is -0.370 e. The van der Waals surface area contributed by atoms with Gasteiger partial charge in [-0.25, -0.2) is 4.98 Å². The molecule has 2 N–H and O–H groups in total. The Hall–Kier alpha value is -1.32. The molecule has 0 atom stereocenters. The molecule has 0 unspecified atom stereocenters. The van der Waals surface area contributed by atoms with Crippen molar-refractivity contribution in [3.8, 4) is 0 Å². The first-order valence-electron chi connectivity index (χ1n) is 7.45. The van der Waals surface area contributed by atoms with Crippen molar-refractivity contribution in [2.75, 3.05) is 23.7 Å². The first-order valence-corrected chi connectivity index (χ1v) is 7.45. The molecule has 0 saturated carbocycles. The molecule has 0 bridgehead atoms. The maximum atomic E-state index is 4.49. The van der Waals surface area contributed by atoms with E-state index in [2.05, 4.69) is 41.4 Å². The third kappa shape index (κ3) is 6.99. The molecule has 19 heavy (non-hydrogen) atoms. The summed E-state index contributed by atoms with van der Waals surface area (Å²) in [6.45, 7) is 10.6. The number of rotatable bonds is 9. The number of nitrogens with one attached hydrogen (secondary N) is 2. The number of aromatic nitrogens is 2. The van der Waals surface area contributed by atoms with Gasteiger partial charge in [-0.3, -0.25) is 0 Å². The van der Waals surface area contributed by atoms with Crippen LogP contribution in [0.15, 0.2) is 6.07 Å².